The molecular weight excluding hydrogens is 380 g/mol. The van der Waals surface area contributed by atoms with Gasteiger partial charge in [0.1, 0.15) is 5.82 Å². The van der Waals surface area contributed by atoms with Crippen molar-refractivity contribution in [1.29, 1.82) is 0 Å². The minimum atomic E-state index is -4.49. The van der Waals surface area contributed by atoms with Crippen molar-refractivity contribution in [2.45, 2.75) is 20.0 Å². The first kappa shape index (κ1) is 19.0. The van der Waals surface area contributed by atoms with Crippen LogP contribution in [0.15, 0.2) is 42.5 Å². The first-order valence-corrected chi connectivity index (χ1v) is 8.70. The summed E-state index contributed by atoms with van der Waals surface area (Å²) in [4.78, 5) is 16.4. The number of aromatic nitrogens is 1. The molecule has 3 nitrogen and oxygen atoms in total. The Morgan fingerprint density at radius 2 is 1.74 bits per heavy atom. The maximum Gasteiger partial charge on any atom is 0.443 e. The van der Waals surface area contributed by atoms with E-state index in [1.54, 1.807) is 32.0 Å². The van der Waals surface area contributed by atoms with Crippen LogP contribution < -0.4 is 5.32 Å². The molecule has 0 atom stereocenters. The van der Waals surface area contributed by atoms with Gasteiger partial charge in [-0.3, -0.25) is 4.79 Å². The number of anilines is 1. The number of hydrogen-bond donors (Lipinski definition) is 1. The number of nitrogens with one attached hydrogen (secondary N) is 1. The Kier molecular flexibility index (Phi) is 5.01. The topological polar surface area (TPSA) is 42.0 Å². The van der Waals surface area contributed by atoms with Gasteiger partial charge in [-0.2, -0.15) is 13.2 Å². The van der Waals surface area contributed by atoms with Gasteiger partial charge in [0.05, 0.1) is 11.3 Å². The number of rotatable bonds is 3. The van der Waals surface area contributed by atoms with E-state index in [-0.39, 0.29) is 11.3 Å². The number of hydrogen-bond acceptors (Lipinski definition) is 3. The molecule has 1 amide bonds. The van der Waals surface area contributed by atoms with Crippen LogP contribution in [0.3, 0.4) is 0 Å². The van der Waals surface area contributed by atoms with E-state index in [4.69, 9.17) is 0 Å². The Bertz CT molecular complexity index is 974. The molecule has 0 fully saturated rings. The van der Waals surface area contributed by atoms with Gasteiger partial charge in [-0.25, -0.2) is 9.37 Å². The number of alkyl halides is 3. The zero-order valence-corrected chi connectivity index (χ0v) is 15.1. The molecule has 27 heavy (non-hydrogen) atoms. The van der Waals surface area contributed by atoms with Crippen LogP contribution in [0.25, 0.3) is 11.3 Å². The van der Waals surface area contributed by atoms with Gasteiger partial charge in [0, 0.05) is 16.1 Å². The van der Waals surface area contributed by atoms with Crippen molar-refractivity contribution < 1.29 is 22.4 Å². The van der Waals surface area contributed by atoms with Crippen LogP contribution in [0.5, 0.6) is 0 Å². The Morgan fingerprint density at radius 1 is 1.07 bits per heavy atom. The Morgan fingerprint density at radius 3 is 2.30 bits per heavy atom. The molecule has 0 saturated carbocycles. The number of thiazole rings is 1. The van der Waals surface area contributed by atoms with E-state index >= 15 is 0 Å². The van der Waals surface area contributed by atoms with Gasteiger partial charge in [-0.1, -0.05) is 24.3 Å². The largest absolute Gasteiger partial charge is 0.443 e. The van der Waals surface area contributed by atoms with Crippen molar-refractivity contribution in [2.75, 3.05) is 5.32 Å². The average Bonchev–Trinajstić information content (AvgIpc) is 2.97. The molecular formula is C19H14F4N2OS. The smallest absolute Gasteiger partial charge is 0.322 e. The first-order valence-electron chi connectivity index (χ1n) is 7.88. The summed E-state index contributed by atoms with van der Waals surface area (Å²) in [5.74, 6) is -1.22. The third-order valence-electron chi connectivity index (χ3n) is 3.90. The van der Waals surface area contributed by atoms with Gasteiger partial charge >= 0.3 is 6.18 Å². The highest BCUT2D eigenvalue weighted by Gasteiger charge is 2.35. The van der Waals surface area contributed by atoms with Crippen LogP contribution in [-0.4, -0.2) is 10.9 Å². The van der Waals surface area contributed by atoms with E-state index in [0.29, 0.717) is 33.0 Å². The molecule has 3 aromatic rings. The number of aryl methyl sites for hydroxylation is 2. The highest BCUT2D eigenvalue weighted by molar-refractivity contribution is 7.12. The lowest BCUT2D eigenvalue weighted by atomic mass is 10.1. The van der Waals surface area contributed by atoms with Gasteiger partial charge in [0.2, 0.25) is 0 Å². The fraction of sp³-hybridized carbons (Fsp3) is 0.158. The fourth-order valence-corrected chi connectivity index (χ4v) is 3.41. The minimum Gasteiger partial charge on any atom is -0.322 e. The molecule has 0 aliphatic rings. The number of carbonyl (C=O) groups excluding carboxylic acids is 1. The molecule has 0 spiro atoms. The van der Waals surface area contributed by atoms with Crippen LogP contribution in [0.2, 0.25) is 0 Å². The maximum atomic E-state index is 13.9. The predicted octanol–water partition coefficient (Wildman–Crippen LogP) is 5.84. The second-order valence-corrected chi connectivity index (χ2v) is 7.09. The van der Waals surface area contributed by atoms with Crippen molar-refractivity contribution in [1.82, 2.24) is 4.98 Å². The quantitative estimate of drug-likeness (QED) is 0.567. The molecule has 8 heteroatoms. The Hall–Kier alpha value is -2.74. The van der Waals surface area contributed by atoms with E-state index in [1.807, 2.05) is 0 Å². The summed E-state index contributed by atoms with van der Waals surface area (Å²) in [6.45, 7) is 3.20. The summed E-state index contributed by atoms with van der Waals surface area (Å²) in [6.07, 6.45) is -4.49. The van der Waals surface area contributed by atoms with Crippen LogP contribution >= 0.6 is 11.3 Å². The summed E-state index contributed by atoms with van der Waals surface area (Å²) in [5, 5.41) is 1.69. The van der Waals surface area contributed by atoms with Crippen LogP contribution in [0.4, 0.5) is 23.2 Å². The zero-order chi connectivity index (χ0) is 19.8. The van der Waals surface area contributed by atoms with Gasteiger partial charge in [-0.15, -0.1) is 11.3 Å². The fourth-order valence-electron chi connectivity index (χ4n) is 2.61. The lowest BCUT2D eigenvalue weighted by Gasteiger charge is -2.09. The number of carbonyl (C=O) groups is 1. The first-order chi connectivity index (χ1) is 12.7. The highest BCUT2D eigenvalue weighted by atomic mass is 32.1. The van der Waals surface area contributed by atoms with Crippen LogP contribution in [-0.2, 0) is 6.18 Å². The monoisotopic (exact) mass is 394 g/mol. The van der Waals surface area contributed by atoms with Gasteiger partial charge in [0.15, 0.2) is 5.01 Å². The van der Waals surface area contributed by atoms with E-state index in [0.717, 1.165) is 0 Å². The molecule has 2 aromatic carbocycles. The van der Waals surface area contributed by atoms with Crippen molar-refractivity contribution in [3.05, 3.63) is 69.3 Å². The normalized spacial score (nSPS) is 11.5. The van der Waals surface area contributed by atoms with Crippen LogP contribution in [0.1, 0.15) is 25.8 Å². The third-order valence-corrected chi connectivity index (χ3v) is 4.92. The molecule has 1 N–H and O–H groups in total. The SMILES string of the molecule is Cc1cccc(F)c1C(=O)Nc1ccc(-c2nc(C(F)(F)F)sc2C)cc1. The van der Waals surface area contributed by atoms with Crippen molar-refractivity contribution in [2.24, 2.45) is 0 Å². The molecule has 1 aromatic heterocycles. The average molecular weight is 394 g/mol. The molecule has 1 heterocycles. The third kappa shape index (κ3) is 4.00. The Labute approximate surface area is 156 Å². The van der Waals surface area contributed by atoms with Crippen molar-refractivity contribution >= 4 is 22.9 Å². The minimum absolute atomic E-state index is 0.0493. The summed E-state index contributed by atoms with van der Waals surface area (Å²) in [7, 11) is 0. The summed E-state index contributed by atoms with van der Waals surface area (Å²) < 4.78 is 52.3. The number of nitrogens with zero attached hydrogens (tertiary/aromatic N) is 1. The van der Waals surface area contributed by atoms with Gasteiger partial charge < -0.3 is 5.32 Å². The summed E-state index contributed by atoms with van der Waals surface area (Å²) in [6, 6.07) is 10.5. The van der Waals surface area contributed by atoms with E-state index < -0.39 is 22.9 Å². The lowest BCUT2D eigenvalue weighted by molar-refractivity contribution is -0.137. The zero-order valence-electron chi connectivity index (χ0n) is 14.3. The molecule has 0 aliphatic carbocycles. The lowest BCUT2D eigenvalue weighted by Crippen LogP contribution is -2.15. The number of halogens is 4. The molecule has 140 valence electrons. The van der Waals surface area contributed by atoms with E-state index in [9.17, 15) is 22.4 Å². The standard InChI is InChI=1S/C19H14F4N2OS/c1-10-4-3-5-14(20)15(10)17(26)24-13-8-6-12(7-9-13)16-11(2)27-18(25-16)19(21,22)23/h3-9H,1-2H3,(H,24,26). The van der Waals surface area contributed by atoms with Crippen LogP contribution in [0, 0.1) is 19.7 Å². The highest BCUT2D eigenvalue weighted by Crippen LogP contribution is 2.37. The number of benzene rings is 2. The molecule has 0 saturated heterocycles. The molecule has 0 radical (unpaired) electrons. The van der Waals surface area contributed by atoms with Crippen molar-refractivity contribution in [3.8, 4) is 11.3 Å². The molecule has 0 unspecified atom stereocenters. The molecule has 0 aliphatic heterocycles. The van der Waals surface area contributed by atoms with Gasteiger partial charge in [-0.05, 0) is 37.6 Å². The Balaban J connectivity index is 1.82. The van der Waals surface area contributed by atoms with E-state index in [2.05, 4.69) is 10.3 Å². The summed E-state index contributed by atoms with van der Waals surface area (Å²) >= 11 is 0.584. The predicted molar refractivity (Wildman–Crippen MR) is 96.4 cm³/mol. The van der Waals surface area contributed by atoms with E-state index in [1.165, 1.54) is 24.3 Å². The second kappa shape index (κ2) is 7.11. The molecule has 3 rings (SSSR count). The molecule has 0 bridgehead atoms. The second-order valence-electron chi connectivity index (χ2n) is 5.88. The number of amides is 1. The van der Waals surface area contributed by atoms with Crippen molar-refractivity contribution in [3.63, 3.8) is 0 Å². The maximum absolute atomic E-state index is 13.9. The van der Waals surface area contributed by atoms with Gasteiger partial charge in [0.25, 0.3) is 5.91 Å². The summed E-state index contributed by atoms with van der Waals surface area (Å²) in [5.41, 5.74) is 1.60.